The van der Waals surface area contributed by atoms with E-state index in [1.54, 1.807) is 0 Å². The Morgan fingerprint density at radius 1 is 1.53 bits per heavy atom. The molecule has 1 fully saturated rings. The van der Waals surface area contributed by atoms with Crippen LogP contribution in [0.4, 0.5) is 5.69 Å². The Morgan fingerprint density at radius 2 is 2.33 bits per heavy atom. The average Bonchev–Trinajstić information content (AvgIpc) is 2.66. The summed E-state index contributed by atoms with van der Waals surface area (Å²) in [6, 6.07) is 6.39. The molecule has 2 rings (SSSR count). The third-order valence-electron chi connectivity index (χ3n) is 2.78. The van der Waals surface area contributed by atoms with Crippen molar-refractivity contribution in [3.8, 4) is 0 Å². The molecular formula is C11H15BrN2O. The van der Waals surface area contributed by atoms with Gasteiger partial charge in [0, 0.05) is 17.6 Å². The summed E-state index contributed by atoms with van der Waals surface area (Å²) in [7, 11) is 0. The second-order valence-electron chi connectivity index (χ2n) is 3.95. The number of nitrogens with zero attached hydrogens (tertiary/aromatic N) is 1. The lowest BCUT2D eigenvalue weighted by molar-refractivity contribution is 0.0690. The summed E-state index contributed by atoms with van der Waals surface area (Å²) in [5, 5.41) is 0. The van der Waals surface area contributed by atoms with Gasteiger partial charge >= 0.3 is 0 Å². The first-order valence-corrected chi connectivity index (χ1v) is 5.86. The molecule has 4 heteroatoms. The Hall–Kier alpha value is -0.580. The Morgan fingerprint density at radius 3 is 2.93 bits per heavy atom. The van der Waals surface area contributed by atoms with Crippen LogP contribution in [-0.4, -0.2) is 19.2 Å². The molecule has 1 aromatic rings. The van der Waals surface area contributed by atoms with Crippen LogP contribution in [0.3, 0.4) is 0 Å². The van der Waals surface area contributed by atoms with E-state index in [-0.39, 0.29) is 6.10 Å². The molecule has 1 unspecified atom stereocenters. The van der Waals surface area contributed by atoms with Crippen molar-refractivity contribution in [2.45, 2.75) is 19.4 Å². The zero-order valence-corrected chi connectivity index (χ0v) is 10.3. The van der Waals surface area contributed by atoms with Crippen LogP contribution in [0.1, 0.15) is 12.0 Å². The molecule has 0 aromatic heterocycles. The van der Waals surface area contributed by atoms with E-state index >= 15 is 0 Å². The van der Waals surface area contributed by atoms with Crippen LogP contribution in [0.5, 0.6) is 0 Å². The van der Waals surface area contributed by atoms with Gasteiger partial charge in [0.25, 0.3) is 0 Å². The maximum Gasteiger partial charge on any atom is 0.0978 e. The summed E-state index contributed by atoms with van der Waals surface area (Å²) in [6.07, 6.45) is 1.16. The second kappa shape index (κ2) is 4.51. The molecule has 1 aliphatic heterocycles. The van der Waals surface area contributed by atoms with E-state index in [0.717, 1.165) is 24.0 Å². The maximum absolute atomic E-state index is 5.20. The minimum atomic E-state index is 0.165. The molecule has 0 spiro atoms. The Labute approximate surface area is 98.3 Å². The average molecular weight is 271 g/mol. The smallest absolute Gasteiger partial charge is 0.0978 e. The SMILES string of the molecule is Cc1ccc(N2CCC(ON)C2)c(Br)c1. The number of hydrogen-bond donors (Lipinski definition) is 1. The van der Waals surface area contributed by atoms with Gasteiger partial charge in [0.1, 0.15) is 0 Å². The van der Waals surface area contributed by atoms with Gasteiger partial charge < -0.3 is 4.90 Å². The van der Waals surface area contributed by atoms with E-state index in [1.165, 1.54) is 11.3 Å². The normalized spacial score (nSPS) is 21.0. The topological polar surface area (TPSA) is 38.5 Å². The van der Waals surface area contributed by atoms with Gasteiger partial charge in [0.05, 0.1) is 11.8 Å². The molecule has 1 aliphatic rings. The van der Waals surface area contributed by atoms with Crippen LogP contribution in [-0.2, 0) is 4.84 Å². The number of rotatable bonds is 2. The highest BCUT2D eigenvalue weighted by molar-refractivity contribution is 9.10. The first-order chi connectivity index (χ1) is 7.20. The molecule has 1 heterocycles. The highest BCUT2D eigenvalue weighted by Crippen LogP contribution is 2.30. The summed E-state index contributed by atoms with van der Waals surface area (Å²) < 4.78 is 1.14. The third kappa shape index (κ3) is 2.33. The largest absolute Gasteiger partial charge is 0.368 e. The first-order valence-electron chi connectivity index (χ1n) is 5.07. The molecule has 1 aromatic carbocycles. The number of hydrogen-bond acceptors (Lipinski definition) is 3. The molecule has 2 N–H and O–H groups in total. The van der Waals surface area contributed by atoms with Gasteiger partial charge in [-0.1, -0.05) is 6.07 Å². The fourth-order valence-electron chi connectivity index (χ4n) is 1.93. The maximum atomic E-state index is 5.20. The van der Waals surface area contributed by atoms with Crippen LogP contribution in [0.25, 0.3) is 0 Å². The number of nitrogens with two attached hydrogens (primary N) is 1. The number of benzene rings is 1. The fraction of sp³-hybridized carbons (Fsp3) is 0.455. The van der Waals surface area contributed by atoms with Crippen molar-refractivity contribution in [1.29, 1.82) is 0 Å². The van der Waals surface area contributed by atoms with E-state index in [9.17, 15) is 0 Å². The predicted octanol–water partition coefficient (Wildman–Crippen LogP) is 2.23. The van der Waals surface area contributed by atoms with Crippen LogP contribution >= 0.6 is 15.9 Å². The van der Waals surface area contributed by atoms with Crippen LogP contribution < -0.4 is 10.8 Å². The van der Waals surface area contributed by atoms with Gasteiger partial charge in [-0.05, 0) is 47.0 Å². The lowest BCUT2D eigenvalue weighted by Gasteiger charge is -2.20. The number of anilines is 1. The minimum Gasteiger partial charge on any atom is -0.368 e. The monoisotopic (exact) mass is 270 g/mol. The van der Waals surface area contributed by atoms with Crippen molar-refractivity contribution in [3.63, 3.8) is 0 Å². The van der Waals surface area contributed by atoms with Gasteiger partial charge in [-0.15, -0.1) is 0 Å². The third-order valence-corrected chi connectivity index (χ3v) is 3.42. The molecule has 0 aliphatic carbocycles. The highest BCUT2D eigenvalue weighted by atomic mass is 79.9. The molecule has 82 valence electrons. The van der Waals surface area contributed by atoms with Gasteiger partial charge in [-0.25, -0.2) is 5.90 Å². The van der Waals surface area contributed by atoms with E-state index in [4.69, 9.17) is 10.7 Å². The summed E-state index contributed by atoms with van der Waals surface area (Å²) >= 11 is 3.59. The zero-order valence-electron chi connectivity index (χ0n) is 8.74. The summed E-state index contributed by atoms with van der Waals surface area (Å²) in [6.45, 7) is 3.96. The summed E-state index contributed by atoms with van der Waals surface area (Å²) in [5.74, 6) is 5.20. The van der Waals surface area contributed by atoms with E-state index in [0.29, 0.717) is 0 Å². The van der Waals surface area contributed by atoms with Crippen molar-refractivity contribution in [3.05, 3.63) is 28.2 Å². The van der Waals surface area contributed by atoms with E-state index in [2.05, 4.69) is 46.0 Å². The molecule has 3 nitrogen and oxygen atoms in total. The van der Waals surface area contributed by atoms with Gasteiger partial charge in [-0.2, -0.15) is 0 Å². The highest BCUT2D eigenvalue weighted by Gasteiger charge is 2.23. The number of aryl methyl sites for hydroxylation is 1. The molecule has 1 atom stereocenters. The van der Waals surface area contributed by atoms with Crippen molar-refractivity contribution < 1.29 is 4.84 Å². The van der Waals surface area contributed by atoms with Gasteiger partial charge in [-0.3, -0.25) is 4.84 Å². The van der Waals surface area contributed by atoms with Crippen LogP contribution in [0.15, 0.2) is 22.7 Å². The van der Waals surface area contributed by atoms with Crippen LogP contribution in [0.2, 0.25) is 0 Å². The molecule has 0 saturated carbocycles. The molecular weight excluding hydrogens is 256 g/mol. The summed E-state index contributed by atoms with van der Waals surface area (Å²) in [5.41, 5.74) is 2.48. The fourth-order valence-corrected chi connectivity index (χ4v) is 2.67. The Bertz CT molecular complexity index is 356. The Kier molecular flexibility index (Phi) is 3.29. The van der Waals surface area contributed by atoms with E-state index < -0.39 is 0 Å². The quantitative estimate of drug-likeness (QED) is 0.838. The Balaban J connectivity index is 2.17. The van der Waals surface area contributed by atoms with E-state index in [1.807, 2.05) is 0 Å². The molecule has 0 radical (unpaired) electrons. The van der Waals surface area contributed by atoms with Crippen molar-refractivity contribution in [2.24, 2.45) is 5.90 Å². The van der Waals surface area contributed by atoms with Gasteiger partial charge in [0.15, 0.2) is 0 Å². The van der Waals surface area contributed by atoms with Crippen molar-refractivity contribution in [1.82, 2.24) is 0 Å². The first kappa shape index (κ1) is 10.9. The molecule has 0 bridgehead atoms. The van der Waals surface area contributed by atoms with Crippen LogP contribution in [0, 0.1) is 6.92 Å². The summed E-state index contributed by atoms with van der Waals surface area (Å²) in [4.78, 5) is 7.16. The lowest BCUT2D eigenvalue weighted by atomic mass is 10.2. The predicted molar refractivity (Wildman–Crippen MR) is 64.8 cm³/mol. The molecule has 0 amide bonds. The van der Waals surface area contributed by atoms with Gasteiger partial charge in [0.2, 0.25) is 0 Å². The minimum absolute atomic E-state index is 0.165. The van der Waals surface area contributed by atoms with Crippen molar-refractivity contribution in [2.75, 3.05) is 18.0 Å². The molecule has 15 heavy (non-hydrogen) atoms. The van der Waals surface area contributed by atoms with Crippen molar-refractivity contribution >= 4 is 21.6 Å². The lowest BCUT2D eigenvalue weighted by Crippen LogP contribution is -2.24. The zero-order chi connectivity index (χ0) is 10.8. The standard InChI is InChI=1S/C11H15BrN2O/c1-8-2-3-11(10(12)6-8)14-5-4-9(7-14)15-13/h2-3,6,9H,4-5,7,13H2,1H3. The number of halogens is 1. The second-order valence-corrected chi connectivity index (χ2v) is 4.80. The molecule has 1 saturated heterocycles.